The van der Waals surface area contributed by atoms with E-state index in [2.05, 4.69) is 5.32 Å². The number of sulfone groups is 1. The van der Waals surface area contributed by atoms with E-state index in [1.165, 1.54) is 0 Å². The predicted octanol–water partition coefficient (Wildman–Crippen LogP) is 2.41. The average molecular weight is 382 g/mol. The molecule has 0 radical (unpaired) electrons. The molecule has 0 atom stereocenters. The first kappa shape index (κ1) is 24.8. The molecule has 25 heavy (non-hydrogen) atoms. The fraction of sp³-hybridized carbons (Fsp3) is 1.00. The van der Waals surface area contributed by atoms with Crippen LogP contribution in [0.3, 0.4) is 0 Å². The highest BCUT2D eigenvalue weighted by molar-refractivity contribution is 7.92. The Kier molecular flexibility index (Phi) is 11.4. The Morgan fingerprint density at radius 3 is 1.40 bits per heavy atom. The lowest BCUT2D eigenvalue weighted by Gasteiger charge is -2.36. The van der Waals surface area contributed by atoms with E-state index in [1.54, 1.807) is 13.8 Å². The number of hydrogen-bond acceptors (Lipinski definition) is 6. The molecular formula is C18H39NO5S. The highest BCUT2D eigenvalue weighted by Gasteiger charge is 2.33. The van der Waals surface area contributed by atoms with Crippen molar-refractivity contribution in [3.05, 3.63) is 0 Å². The van der Waals surface area contributed by atoms with Crippen LogP contribution in [0.25, 0.3) is 0 Å². The van der Waals surface area contributed by atoms with Gasteiger partial charge in [-0.25, -0.2) is 8.42 Å². The molecule has 0 saturated heterocycles. The first-order chi connectivity index (χ1) is 11.4. The van der Waals surface area contributed by atoms with Gasteiger partial charge >= 0.3 is 0 Å². The molecule has 0 fully saturated rings. The van der Waals surface area contributed by atoms with Gasteiger partial charge in [-0.15, -0.1) is 0 Å². The molecule has 0 aliphatic carbocycles. The molecule has 0 aromatic carbocycles. The van der Waals surface area contributed by atoms with Crippen LogP contribution in [0.2, 0.25) is 0 Å². The van der Waals surface area contributed by atoms with Crippen molar-refractivity contribution in [3.8, 4) is 0 Å². The second-order valence-electron chi connectivity index (χ2n) is 7.70. The van der Waals surface area contributed by atoms with E-state index in [9.17, 15) is 8.42 Å². The molecular weight excluding hydrogens is 342 g/mol. The molecule has 0 aliphatic rings. The quantitative estimate of drug-likeness (QED) is 0.498. The third-order valence-electron chi connectivity index (χ3n) is 3.68. The summed E-state index contributed by atoms with van der Waals surface area (Å²) < 4.78 is 41.7. The Labute approximate surface area is 154 Å². The summed E-state index contributed by atoms with van der Waals surface area (Å²) in [5, 5.41) is 2.98. The Balaban J connectivity index is 5.11. The molecule has 6 nitrogen and oxygen atoms in total. The zero-order chi connectivity index (χ0) is 19.7. The topological polar surface area (TPSA) is 73.9 Å². The van der Waals surface area contributed by atoms with Crippen molar-refractivity contribution >= 4 is 9.84 Å². The van der Waals surface area contributed by atoms with Crippen molar-refractivity contribution in [3.63, 3.8) is 0 Å². The van der Waals surface area contributed by atoms with Crippen molar-refractivity contribution < 1.29 is 22.6 Å². The highest BCUT2D eigenvalue weighted by atomic mass is 32.2. The Hall–Kier alpha value is -0.210. The monoisotopic (exact) mass is 381 g/mol. The fourth-order valence-corrected chi connectivity index (χ4v) is 2.81. The lowest BCUT2D eigenvalue weighted by Crippen LogP contribution is -2.58. The molecule has 0 unspecified atom stereocenters. The molecule has 1 N–H and O–H groups in total. The van der Waals surface area contributed by atoms with Crippen LogP contribution in [-0.2, 0) is 24.0 Å². The van der Waals surface area contributed by atoms with Crippen LogP contribution in [-0.4, -0.2) is 69.6 Å². The molecule has 0 aromatic heterocycles. The minimum atomic E-state index is -3.10. The van der Waals surface area contributed by atoms with E-state index in [4.69, 9.17) is 14.2 Å². The number of hydrogen-bond donors (Lipinski definition) is 1. The van der Waals surface area contributed by atoms with Gasteiger partial charge in [-0.2, -0.15) is 0 Å². The molecule has 0 saturated carbocycles. The maximum atomic E-state index is 12.1. The minimum Gasteiger partial charge on any atom is -0.377 e. The molecule has 152 valence electrons. The van der Waals surface area contributed by atoms with Crippen LogP contribution >= 0.6 is 0 Å². The smallest absolute Gasteiger partial charge is 0.153 e. The van der Waals surface area contributed by atoms with E-state index >= 15 is 0 Å². The van der Waals surface area contributed by atoms with Crippen LogP contribution in [0.15, 0.2) is 0 Å². The summed E-state index contributed by atoms with van der Waals surface area (Å²) in [5.74, 6) is 0.0808. The molecule has 0 heterocycles. The van der Waals surface area contributed by atoms with E-state index in [0.29, 0.717) is 26.4 Å². The van der Waals surface area contributed by atoms with E-state index in [1.807, 2.05) is 41.5 Å². The summed E-state index contributed by atoms with van der Waals surface area (Å²) in [5.41, 5.74) is -0.578. The van der Waals surface area contributed by atoms with Gasteiger partial charge in [0.25, 0.3) is 0 Å². The van der Waals surface area contributed by atoms with Crippen molar-refractivity contribution in [1.82, 2.24) is 5.32 Å². The van der Waals surface area contributed by atoms with Gasteiger partial charge in [0.05, 0.1) is 54.7 Å². The molecule has 0 aromatic rings. The number of nitrogens with one attached hydrogen (secondary N) is 1. The largest absolute Gasteiger partial charge is 0.377 e. The fourth-order valence-electron chi connectivity index (χ4n) is 1.95. The predicted molar refractivity (Wildman–Crippen MR) is 103 cm³/mol. The highest BCUT2D eigenvalue weighted by Crippen LogP contribution is 2.13. The maximum absolute atomic E-state index is 12.1. The van der Waals surface area contributed by atoms with Gasteiger partial charge in [-0.1, -0.05) is 0 Å². The first-order valence-electron chi connectivity index (χ1n) is 9.21. The van der Waals surface area contributed by atoms with Crippen LogP contribution in [0.1, 0.15) is 55.4 Å². The van der Waals surface area contributed by atoms with Crippen LogP contribution in [0.5, 0.6) is 0 Å². The number of rotatable bonds is 14. The van der Waals surface area contributed by atoms with Crippen molar-refractivity contribution in [2.75, 3.05) is 32.1 Å². The summed E-state index contributed by atoms with van der Waals surface area (Å²) in [6.07, 6.45) is 0.205. The van der Waals surface area contributed by atoms with Crippen LogP contribution < -0.4 is 5.32 Å². The van der Waals surface area contributed by atoms with Gasteiger partial charge in [0.2, 0.25) is 0 Å². The normalized spacial score (nSPS) is 13.6. The molecule has 0 amide bonds. The zero-order valence-electron chi connectivity index (χ0n) is 17.3. The van der Waals surface area contributed by atoms with Gasteiger partial charge in [0.1, 0.15) is 0 Å². The zero-order valence-corrected chi connectivity index (χ0v) is 18.1. The van der Waals surface area contributed by atoms with Crippen molar-refractivity contribution in [2.24, 2.45) is 0 Å². The second-order valence-corrected chi connectivity index (χ2v) is 10.4. The third-order valence-corrected chi connectivity index (χ3v) is 5.89. The Bertz CT molecular complexity index is 415. The van der Waals surface area contributed by atoms with Gasteiger partial charge in [-0.05, 0) is 55.4 Å². The molecule has 7 heteroatoms. The molecule has 0 bridgehead atoms. The summed E-state index contributed by atoms with van der Waals surface area (Å²) in [7, 11) is -3.10. The Morgan fingerprint density at radius 1 is 0.760 bits per heavy atom. The summed E-state index contributed by atoms with van der Waals surface area (Å²) >= 11 is 0. The lowest BCUT2D eigenvalue weighted by molar-refractivity contribution is -0.0730. The lowest BCUT2D eigenvalue weighted by atomic mass is 10.0. The first-order valence-corrected chi connectivity index (χ1v) is 10.9. The van der Waals surface area contributed by atoms with Crippen molar-refractivity contribution in [2.45, 2.75) is 84.5 Å². The Morgan fingerprint density at radius 2 is 1.12 bits per heavy atom. The third kappa shape index (κ3) is 11.2. The van der Waals surface area contributed by atoms with Gasteiger partial charge in [0, 0.05) is 6.54 Å². The molecule has 0 rings (SSSR count). The average Bonchev–Trinajstić information content (AvgIpc) is 2.47. The standard InChI is InChI=1S/C18H39NO5S/c1-14(2)22-11-18(12-23-15(3)4,13-24-16(5)6)19-9-10-25(20,21)17(7)8/h14-17,19H,9-13H2,1-8H3. The van der Waals surface area contributed by atoms with E-state index in [0.717, 1.165) is 0 Å². The maximum Gasteiger partial charge on any atom is 0.153 e. The van der Waals surface area contributed by atoms with Gasteiger partial charge in [-0.3, -0.25) is 0 Å². The second kappa shape index (κ2) is 11.5. The van der Waals surface area contributed by atoms with Crippen molar-refractivity contribution in [1.29, 1.82) is 0 Å². The summed E-state index contributed by atoms with van der Waals surface area (Å²) in [6.45, 7) is 16.8. The van der Waals surface area contributed by atoms with Crippen LogP contribution in [0.4, 0.5) is 0 Å². The van der Waals surface area contributed by atoms with Gasteiger partial charge < -0.3 is 19.5 Å². The minimum absolute atomic E-state index is 0.0682. The molecule has 0 aliphatic heterocycles. The van der Waals surface area contributed by atoms with E-state index < -0.39 is 15.4 Å². The number of ether oxygens (including phenoxy) is 3. The van der Waals surface area contributed by atoms with Gasteiger partial charge in [0.15, 0.2) is 9.84 Å². The van der Waals surface area contributed by atoms with Crippen LogP contribution in [0, 0.1) is 0 Å². The summed E-state index contributed by atoms with van der Waals surface area (Å²) in [6, 6.07) is 0. The summed E-state index contributed by atoms with van der Waals surface area (Å²) in [4.78, 5) is 0. The SMILES string of the molecule is CC(C)OCC(COC(C)C)(COC(C)C)NCCS(=O)(=O)C(C)C. The molecule has 0 spiro atoms. The van der Waals surface area contributed by atoms with E-state index in [-0.39, 0.29) is 29.3 Å².